The lowest BCUT2D eigenvalue weighted by molar-refractivity contribution is 0.256. The van der Waals surface area contributed by atoms with Crippen molar-refractivity contribution in [2.45, 2.75) is 13.5 Å². The highest BCUT2D eigenvalue weighted by Crippen LogP contribution is 2.24. The fourth-order valence-electron chi connectivity index (χ4n) is 2.43. The predicted octanol–water partition coefficient (Wildman–Crippen LogP) is 1.46. The Morgan fingerprint density at radius 3 is 2.74 bits per heavy atom. The minimum absolute atomic E-state index is 0.603. The average Bonchev–Trinajstić information content (AvgIpc) is 3.06. The Hall–Kier alpha value is -2.41. The molecule has 0 aromatic carbocycles. The molecule has 0 spiro atoms. The lowest BCUT2D eigenvalue weighted by atomic mass is 10.4. The molecule has 0 radical (unpaired) electrons. The van der Waals surface area contributed by atoms with Crippen molar-refractivity contribution in [3.8, 4) is 5.88 Å². The molecule has 7 nitrogen and oxygen atoms in total. The molecule has 23 heavy (non-hydrogen) atoms. The highest BCUT2D eigenvalue weighted by Gasteiger charge is 2.12. The maximum Gasteiger partial charge on any atom is 0.226 e. The van der Waals surface area contributed by atoms with Crippen LogP contribution < -0.4 is 4.74 Å². The van der Waals surface area contributed by atoms with E-state index in [4.69, 9.17) is 4.74 Å². The summed E-state index contributed by atoms with van der Waals surface area (Å²) < 4.78 is 9.83. The van der Waals surface area contributed by atoms with Crippen molar-refractivity contribution >= 4 is 11.0 Å². The number of hydrogen-bond acceptors (Lipinski definition) is 5. The van der Waals surface area contributed by atoms with Gasteiger partial charge in [0.15, 0.2) is 0 Å². The van der Waals surface area contributed by atoms with E-state index in [9.17, 15) is 0 Å². The van der Waals surface area contributed by atoms with E-state index in [1.54, 1.807) is 6.20 Å². The normalized spacial score (nSPS) is 11.5. The van der Waals surface area contributed by atoms with Gasteiger partial charge < -0.3 is 14.2 Å². The zero-order chi connectivity index (χ0) is 16.4. The van der Waals surface area contributed by atoms with Gasteiger partial charge in [0, 0.05) is 26.0 Å². The molecule has 3 aromatic heterocycles. The molecule has 0 N–H and O–H groups in total. The van der Waals surface area contributed by atoms with Crippen molar-refractivity contribution in [2.24, 2.45) is 7.05 Å². The van der Waals surface area contributed by atoms with Crippen LogP contribution in [0.5, 0.6) is 5.88 Å². The highest BCUT2D eigenvalue weighted by atomic mass is 16.5. The second-order valence-corrected chi connectivity index (χ2v) is 5.85. The molecular weight excluding hydrogens is 292 g/mol. The molecule has 0 atom stereocenters. The first-order valence-corrected chi connectivity index (χ1v) is 7.62. The number of aromatic nitrogens is 5. The Balaban J connectivity index is 1.90. The number of fused-ring (bicyclic) bond motifs is 1. The maximum atomic E-state index is 5.86. The number of likely N-dealkylation sites (N-methyl/N-ethyl adjacent to an activating group) is 1. The molecule has 0 saturated carbocycles. The van der Waals surface area contributed by atoms with Crippen molar-refractivity contribution in [3.05, 3.63) is 36.0 Å². The molecule has 0 fully saturated rings. The van der Waals surface area contributed by atoms with Gasteiger partial charge in [0.2, 0.25) is 5.88 Å². The van der Waals surface area contributed by atoms with Gasteiger partial charge in [-0.2, -0.15) is 10.1 Å². The molecule has 0 bridgehead atoms. The summed E-state index contributed by atoms with van der Waals surface area (Å²) in [5.41, 5.74) is 2.01. The third-order valence-electron chi connectivity index (χ3n) is 3.73. The van der Waals surface area contributed by atoms with Crippen LogP contribution in [-0.2, 0) is 13.6 Å². The third kappa shape index (κ3) is 3.34. The SMILES string of the molecule is Cc1nc(OCCN(C)C)c2ccn(Cc3ccnn3C)c2n1. The first kappa shape index (κ1) is 15.5. The molecule has 0 unspecified atom stereocenters. The summed E-state index contributed by atoms with van der Waals surface area (Å²) in [6.07, 6.45) is 3.82. The highest BCUT2D eigenvalue weighted by molar-refractivity contribution is 5.81. The Morgan fingerprint density at radius 1 is 1.22 bits per heavy atom. The standard InChI is InChI=1S/C16H22N6O/c1-12-18-15-14(16(19-12)23-10-9-20(2)3)6-8-22(15)11-13-5-7-17-21(13)4/h5-8H,9-11H2,1-4H3. The van der Waals surface area contributed by atoms with Gasteiger partial charge in [-0.25, -0.2) is 4.98 Å². The lowest BCUT2D eigenvalue weighted by Crippen LogP contribution is -2.19. The lowest BCUT2D eigenvalue weighted by Gasteiger charge is -2.12. The minimum atomic E-state index is 0.603. The second-order valence-electron chi connectivity index (χ2n) is 5.85. The van der Waals surface area contributed by atoms with Crippen molar-refractivity contribution in [1.82, 2.24) is 29.2 Å². The minimum Gasteiger partial charge on any atom is -0.476 e. The molecule has 3 heterocycles. The molecule has 0 aliphatic rings. The smallest absolute Gasteiger partial charge is 0.226 e. The zero-order valence-electron chi connectivity index (χ0n) is 14.0. The van der Waals surface area contributed by atoms with Crippen molar-refractivity contribution in [1.29, 1.82) is 0 Å². The monoisotopic (exact) mass is 314 g/mol. The van der Waals surface area contributed by atoms with Gasteiger partial charge in [-0.15, -0.1) is 0 Å². The van der Waals surface area contributed by atoms with Crippen LogP contribution >= 0.6 is 0 Å². The van der Waals surface area contributed by atoms with Crippen LogP contribution in [0.15, 0.2) is 24.5 Å². The summed E-state index contributed by atoms with van der Waals surface area (Å²) in [7, 11) is 5.99. The van der Waals surface area contributed by atoms with Crippen molar-refractivity contribution in [2.75, 3.05) is 27.2 Å². The number of hydrogen-bond donors (Lipinski definition) is 0. The summed E-state index contributed by atoms with van der Waals surface area (Å²) in [5.74, 6) is 1.36. The zero-order valence-corrected chi connectivity index (χ0v) is 14.0. The van der Waals surface area contributed by atoms with E-state index in [0.717, 1.165) is 23.3 Å². The molecule has 0 amide bonds. The fraction of sp³-hybridized carbons (Fsp3) is 0.438. The summed E-state index contributed by atoms with van der Waals surface area (Å²) in [4.78, 5) is 11.1. The summed E-state index contributed by atoms with van der Waals surface area (Å²) in [5, 5.41) is 5.15. The second kappa shape index (κ2) is 6.37. The third-order valence-corrected chi connectivity index (χ3v) is 3.73. The van der Waals surface area contributed by atoms with Gasteiger partial charge in [-0.05, 0) is 33.2 Å². The van der Waals surface area contributed by atoms with Crippen molar-refractivity contribution < 1.29 is 4.74 Å². The number of aryl methyl sites for hydroxylation is 2. The number of nitrogens with zero attached hydrogens (tertiary/aromatic N) is 6. The Bertz CT molecular complexity index is 804. The van der Waals surface area contributed by atoms with Crippen LogP contribution in [0.3, 0.4) is 0 Å². The van der Waals surface area contributed by atoms with E-state index in [-0.39, 0.29) is 0 Å². The van der Waals surface area contributed by atoms with Gasteiger partial charge in [0.25, 0.3) is 0 Å². The van der Waals surface area contributed by atoms with Gasteiger partial charge in [-0.1, -0.05) is 0 Å². The van der Waals surface area contributed by atoms with Gasteiger partial charge >= 0.3 is 0 Å². The van der Waals surface area contributed by atoms with E-state index < -0.39 is 0 Å². The first-order chi connectivity index (χ1) is 11.0. The molecule has 0 aliphatic heterocycles. The first-order valence-electron chi connectivity index (χ1n) is 7.62. The van der Waals surface area contributed by atoms with Crippen LogP contribution in [0.25, 0.3) is 11.0 Å². The Labute approximate surface area is 135 Å². The molecular formula is C16H22N6O. The van der Waals surface area contributed by atoms with Crippen LogP contribution in [-0.4, -0.2) is 56.5 Å². The molecule has 7 heteroatoms. The summed E-state index contributed by atoms with van der Waals surface area (Å²) >= 11 is 0. The summed E-state index contributed by atoms with van der Waals surface area (Å²) in [6, 6.07) is 4.02. The van der Waals surface area contributed by atoms with E-state index >= 15 is 0 Å². The van der Waals surface area contributed by atoms with Gasteiger partial charge in [-0.3, -0.25) is 4.68 Å². The molecule has 3 aromatic rings. The Kier molecular flexibility index (Phi) is 4.29. The fourth-order valence-corrected chi connectivity index (χ4v) is 2.43. The van der Waals surface area contributed by atoms with Crippen LogP contribution in [0, 0.1) is 6.92 Å². The maximum absolute atomic E-state index is 5.86. The van der Waals surface area contributed by atoms with E-state index in [0.29, 0.717) is 24.9 Å². The molecule has 122 valence electrons. The van der Waals surface area contributed by atoms with Gasteiger partial charge in [0.05, 0.1) is 17.6 Å². The summed E-state index contributed by atoms with van der Waals surface area (Å²) in [6.45, 7) is 4.05. The number of rotatable bonds is 6. The van der Waals surface area contributed by atoms with Gasteiger partial charge in [0.1, 0.15) is 18.1 Å². The van der Waals surface area contributed by atoms with E-state index in [1.807, 2.05) is 51.1 Å². The van der Waals surface area contributed by atoms with E-state index in [1.165, 1.54) is 0 Å². The quantitative estimate of drug-likeness (QED) is 0.689. The van der Waals surface area contributed by atoms with Crippen LogP contribution in [0.2, 0.25) is 0 Å². The molecule has 3 rings (SSSR count). The average molecular weight is 314 g/mol. The van der Waals surface area contributed by atoms with E-state index in [2.05, 4.69) is 24.5 Å². The predicted molar refractivity (Wildman–Crippen MR) is 88.6 cm³/mol. The van der Waals surface area contributed by atoms with Crippen molar-refractivity contribution in [3.63, 3.8) is 0 Å². The van der Waals surface area contributed by atoms with Crippen LogP contribution in [0.1, 0.15) is 11.5 Å². The Morgan fingerprint density at radius 2 is 2.04 bits per heavy atom. The number of ether oxygens (including phenoxy) is 1. The van der Waals surface area contributed by atoms with Crippen LogP contribution in [0.4, 0.5) is 0 Å². The molecule has 0 saturated heterocycles. The largest absolute Gasteiger partial charge is 0.476 e. The topological polar surface area (TPSA) is 61.0 Å². The molecule has 0 aliphatic carbocycles.